The molecule has 1 saturated heterocycles. The number of carbonyl (C=O) groups excluding carboxylic acids is 1. The van der Waals surface area contributed by atoms with Gasteiger partial charge in [-0.05, 0) is 29.8 Å². The van der Waals surface area contributed by atoms with Crippen LogP contribution >= 0.6 is 0 Å². The number of hydrogen-bond donors (Lipinski definition) is 1. The lowest BCUT2D eigenvalue weighted by Gasteiger charge is -2.34. The number of nitrogens with two attached hydrogens (primary N) is 1. The highest BCUT2D eigenvalue weighted by molar-refractivity contribution is 7.89. The fourth-order valence-corrected chi connectivity index (χ4v) is 4.05. The van der Waals surface area contributed by atoms with Gasteiger partial charge in [-0.3, -0.25) is 4.79 Å². The molecule has 0 unspecified atom stereocenters. The lowest BCUT2D eigenvalue weighted by Crippen LogP contribution is -2.50. The quantitative estimate of drug-likeness (QED) is 0.854. The third-order valence-corrected chi connectivity index (χ3v) is 6.31. The highest BCUT2D eigenvalue weighted by Crippen LogP contribution is 2.23. The number of fused-ring (bicyclic) bond motifs is 1. The molecule has 0 bridgehead atoms. The predicted octanol–water partition coefficient (Wildman–Crippen LogP) is 1.53. The fraction of sp³-hybridized carbons (Fsp3) is 0.353. The van der Waals surface area contributed by atoms with Gasteiger partial charge in [-0.2, -0.15) is 4.31 Å². The molecule has 2 aromatic rings. The van der Waals surface area contributed by atoms with Crippen molar-refractivity contribution >= 4 is 32.4 Å². The fourth-order valence-electron chi connectivity index (χ4n) is 2.97. The molecule has 0 aromatic heterocycles. The number of nitrogens with zero attached hydrogens (tertiary/aromatic N) is 2. The maximum atomic E-state index is 12.8. The van der Waals surface area contributed by atoms with Crippen LogP contribution in [-0.2, 0) is 10.0 Å². The Morgan fingerprint density at radius 1 is 1.08 bits per heavy atom. The minimum absolute atomic E-state index is 0.0819. The molecule has 0 saturated carbocycles. The minimum Gasteiger partial charge on any atom is -0.398 e. The highest BCUT2D eigenvalue weighted by atomic mass is 32.2. The molecule has 7 heteroatoms. The zero-order chi connectivity index (χ0) is 17.3. The van der Waals surface area contributed by atoms with E-state index in [0.717, 1.165) is 10.8 Å². The first-order valence-corrected chi connectivity index (χ1v) is 9.58. The Kier molecular flexibility index (Phi) is 4.47. The summed E-state index contributed by atoms with van der Waals surface area (Å²) in [6.45, 7) is 3.04. The molecule has 3 rings (SSSR count). The minimum atomic E-state index is -3.20. The van der Waals surface area contributed by atoms with E-state index in [9.17, 15) is 13.2 Å². The molecule has 0 radical (unpaired) electrons. The average molecular weight is 347 g/mol. The number of nitrogen functional groups attached to an aromatic ring is 1. The summed E-state index contributed by atoms with van der Waals surface area (Å²) < 4.78 is 25.3. The lowest BCUT2D eigenvalue weighted by atomic mass is 10.0. The van der Waals surface area contributed by atoms with Crippen LogP contribution in [0.2, 0.25) is 0 Å². The standard InChI is InChI=1S/C17H21N3O3S/c1-2-24(22,23)20-9-7-19(8-10-20)17(21)15-11-13-5-3-4-6-14(13)12-16(15)18/h3-6,11-12H,2,7-10,18H2,1H3. The SMILES string of the molecule is CCS(=O)(=O)N1CCN(C(=O)c2cc3ccccc3cc2N)CC1. The van der Waals surface area contributed by atoms with Gasteiger partial charge < -0.3 is 10.6 Å². The second-order valence-electron chi connectivity index (χ2n) is 5.88. The van der Waals surface area contributed by atoms with E-state index in [0.29, 0.717) is 37.4 Å². The second-order valence-corrected chi connectivity index (χ2v) is 8.14. The number of anilines is 1. The van der Waals surface area contributed by atoms with Gasteiger partial charge in [-0.15, -0.1) is 0 Å². The molecule has 2 N–H and O–H groups in total. The molecule has 1 heterocycles. The first kappa shape index (κ1) is 16.7. The topological polar surface area (TPSA) is 83.7 Å². The van der Waals surface area contributed by atoms with Crippen LogP contribution in [0.5, 0.6) is 0 Å². The number of amides is 1. The summed E-state index contributed by atoms with van der Waals surface area (Å²) in [6.07, 6.45) is 0. The number of hydrogen-bond acceptors (Lipinski definition) is 4. The number of piperazine rings is 1. The Balaban J connectivity index is 1.80. The summed E-state index contributed by atoms with van der Waals surface area (Å²) in [4.78, 5) is 14.4. The van der Waals surface area contributed by atoms with Crippen LogP contribution in [0.4, 0.5) is 5.69 Å². The molecule has 1 fully saturated rings. The van der Waals surface area contributed by atoms with E-state index in [1.54, 1.807) is 17.9 Å². The van der Waals surface area contributed by atoms with Gasteiger partial charge in [0.15, 0.2) is 0 Å². The molecule has 1 aliphatic heterocycles. The molecule has 128 valence electrons. The van der Waals surface area contributed by atoms with Gasteiger partial charge in [0.05, 0.1) is 11.3 Å². The van der Waals surface area contributed by atoms with Crippen LogP contribution in [0.15, 0.2) is 36.4 Å². The van der Waals surface area contributed by atoms with Gasteiger partial charge in [-0.25, -0.2) is 8.42 Å². The van der Waals surface area contributed by atoms with Crippen LogP contribution in [0.1, 0.15) is 17.3 Å². The first-order valence-electron chi connectivity index (χ1n) is 7.98. The van der Waals surface area contributed by atoms with E-state index in [1.807, 2.05) is 30.3 Å². The van der Waals surface area contributed by atoms with Gasteiger partial charge in [0, 0.05) is 31.9 Å². The number of rotatable bonds is 3. The summed E-state index contributed by atoms with van der Waals surface area (Å²) >= 11 is 0. The normalized spacial score (nSPS) is 16.5. The summed E-state index contributed by atoms with van der Waals surface area (Å²) in [5.41, 5.74) is 6.98. The van der Waals surface area contributed by atoms with Crippen molar-refractivity contribution in [2.45, 2.75) is 6.92 Å². The van der Waals surface area contributed by atoms with Crippen LogP contribution in [0.3, 0.4) is 0 Å². The van der Waals surface area contributed by atoms with Crippen molar-refractivity contribution < 1.29 is 13.2 Å². The zero-order valence-corrected chi connectivity index (χ0v) is 14.4. The summed E-state index contributed by atoms with van der Waals surface area (Å²) in [6, 6.07) is 11.4. The second kappa shape index (κ2) is 6.41. The van der Waals surface area contributed by atoms with Gasteiger partial charge in [0.1, 0.15) is 0 Å². The third kappa shape index (κ3) is 3.09. The lowest BCUT2D eigenvalue weighted by molar-refractivity contribution is 0.0699. The monoisotopic (exact) mass is 347 g/mol. The Hall–Kier alpha value is -2.12. The largest absolute Gasteiger partial charge is 0.398 e. The Labute approximate surface area is 141 Å². The predicted molar refractivity (Wildman–Crippen MR) is 95.3 cm³/mol. The van der Waals surface area contributed by atoms with E-state index in [4.69, 9.17) is 5.73 Å². The summed E-state index contributed by atoms with van der Waals surface area (Å²) in [7, 11) is -3.20. The van der Waals surface area contributed by atoms with Gasteiger partial charge in [0.2, 0.25) is 10.0 Å². The third-order valence-electron chi connectivity index (χ3n) is 4.43. The van der Waals surface area contributed by atoms with Crippen molar-refractivity contribution in [3.05, 3.63) is 42.0 Å². The summed E-state index contributed by atoms with van der Waals surface area (Å²) in [5, 5.41) is 1.95. The van der Waals surface area contributed by atoms with Crippen LogP contribution in [0.25, 0.3) is 10.8 Å². The molecule has 2 aromatic carbocycles. The molecule has 24 heavy (non-hydrogen) atoms. The van der Waals surface area contributed by atoms with Crippen molar-refractivity contribution in [3.63, 3.8) is 0 Å². The Morgan fingerprint density at radius 3 is 2.25 bits per heavy atom. The average Bonchev–Trinajstić information content (AvgIpc) is 2.60. The summed E-state index contributed by atoms with van der Waals surface area (Å²) in [5.74, 6) is -0.0646. The van der Waals surface area contributed by atoms with E-state index < -0.39 is 10.0 Å². The van der Waals surface area contributed by atoms with Crippen molar-refractivity contribution in [2.24, 2.45) is 0 Å². The van der Waals surface area contributed by atoms with E-state index >= 15 is 0 Å². The smallest absolute Gasteiger partial charge is 0.256 e. The van der Waals surface area contributed by atoms with Crippen molar-refractivity contribution in [3.8, 4) is 0 Å². The van der Waals surface area contributed by atoms with Crippen molar-refractivity contribution in [1.82, 2.24) is 9.21 Å². The van der Waals surface area contributed by atoms with Crippen LogP contribution < -0.4 is 5.73 Å². The van der Waals surface area contributed by atoms with Crippen LogP contribution in [0, 0.1) is 0 Å². The number of benzene rings is 2. The molecular formula is C17H21N3O3S. The van der Waals surface area contributed by atoms with Crippen molar-refractivity contribution in [1.29, 1.82) is 0 Å². The van der Waals surface area contributed by atoms with Crippen molar-refractivity contribution in [2.75, 3.05) is 37.7 Å². The highest BCUT2D eigenvalue weighted by Gasteiger charge is 2.28. The molecule has 1 aliphatic rings. The van der Waals surface area contributed by atoms with Crippen LogP contribution in [-0.4, -0.2) is 55.5 Å². The van der Waals surface area contributed by atoms with E-state index in [2.05, 4.69) is 0 Å². The molecule has 6 nitrogen and oxygen atoms in total. The maximum Gasteiger partial charge on any atom is 0.256 e. The van der Waals surface area contributed by atoms with Gasteiger partial charge in [0.25, 0.3) is 5.91 Å². The molecule has 0 spiro atoms. The Bertz CT molecular complexity index is 872. The van der Waals surface area contributed by atoms with Gasteiger partial charge >= 0.3 is 0 Å². The van der Waals surface area contributed by atoms with E-state index in [1.165, 1.54) is 4.31 Å². The zero-order valence-electron chi connectivity index (χ0n) is 13.6. The molecular weight excluding hydrogens is 326 g/mol. The molecule has 1 amide bonds. The Morgan fingerprint density at radius 2 is 1.67 bits per heavy atom. The molecule has 0 atom stereocenters. The maximum absolute atomic E-state index is 12.8. The number of sulfonamides is 1. The van der Waals surface area contributed by atoms with Gasteiger partial charge in [-0.1, -0.05) is 24.3 Å². The molecule has 0 aliphatic carbocycles. The van der Waals surface area contributed by atoms with E-state index in [-0.39, 0.29) is 11.7 Å². The number of carbonyl (C=O) groups is 1. The first-order chi connectivity index (χ1) is 11.4.